The molecule has 2 N–H and O–H groups in total. The number of ketones is 3. The van der Waals surface area contributed by atoms with E-state index in [1.54, 1.807) is 0 Å². The van der Waals surface area contributed by atoms with Gasteiger partial charge in [0.05, 0.1) is 3.92 Å². The Kier molecular flexibility index (Phi) is 15.7. The summed E-state index contributed by atoms with van der Waals surface area (Å²) in [4.78, 5) is 33.5. The van der Waals surface area contributed by atoms with E-state index in [0.29, 0.717) is 17.6 Å². The largest absolute Gasteiger partial charge is 0.385 e. The maximum absolute atomic E-state index is 11.3. The summed E-state index contributed by atoms with van der Waals surface area (Å²) in [7, 11) is 0. The molecule has 9 unspecified atom stereocenters. The Morgan fingerprint density at radius 1 is 0.581 bits per heavy atom. The molecule has 0 aromatic rings. The SMILES string of the molecule is CC1CCC(C)C(I)C1=O.CC1CCC(C)C(O)C1=O.CC1CCC(C)C(O)C1=O.[Ac]. The van der Waals surface area contributed by atoms with Crippen LogP contribution in [0.25, 0.3) is 0 Å². The van der Waals surface area contributed by atoms with Crippen molar-refractivity contribution in [2.75, 3.05) is 0 Å². The molecule has 0 aromatic carbocycles. The Morgan fingerprint density at radius 2 is 0.871 bits per heavy atom. The van der Waals surface area contributed by atoms with Crippen LogP contribution < -0.4 is 0 Å². The van der Waals surface area contributed by atoms with E-state index in [2.05, 4.69) is 29.5 Å². The maximum atomic E-state index is 11.3. The first-order valence-corrected chi connectivity index (χ1v) is 12.7. The summed E-state index contributed by atoms with van der Waals surface area (Å²) in [5.41, 5.74) is 0. The van der Waals surface area contributed by atoms with Crippen LogP contribution in [-0.4, -0.2) is 43.7 Å². The van der Waals surface area contributed by atoms with Crippen LogP contribution in [0.5, 0.6) is 0 Å². The van der Waals surface area contributed by atoms with E-state index >= 15 is 0 Å². The molecule has 9 atom stereocenters. The van der Waals surface area contributed by atoms with Crippen LogP contribution in [0.3, 0.4) is 0 Å². The quantitative estimate of drug-likeness (QED) is 0.283. The molecule has 0 aromatic heterocycles. The van der Waals surface area contributed by atoms with Crippen LogP contribution in [0.1, 0.15) is 80.1 Å². The topological polar surface area (TPSA) is 91.7 Å². The van der Waals surface area contributed by atoms with Gasteiger partial charge in [-0.25, -0.2) is 0 Å². The fourth-order valence-corrected chi connectivity index (χ4v) is 5.10. The zero-order valence-corrected chi connectivity index (χ0v) is 26.9. The summed E-state index contributed by atoms with van der Waals surface area (Å²) in [5, 5.41) is 18.5. The normalized spacial score (nSPS) is 40.5. The van der Waals surface area contributed by atoms with Crippen molar-refractivity contribution in [3.05, 3.63) is 0 Å². The molecule has 7 heteroatoms. The van der Waals surface area contributed by atoms with E-state index in [0.717, 1.165) is 32.1 Å². The minimum absolute atomic E-state index is 0. The molecule has 3 saturated carbocycles. The average Bonchev–Trinajstić information content (AvgIpc) is 2.73. The van der Waals surface area contributed by atoms with Crippen LogP contribution in [-0.2, 0) is 14.4 Å². The van der Waals surface area contributed by atoms with E-state index in [4.69, 9.17) is 0 Å². The predicted octanol–water partition coefficient (Wildman–Crippen LogP) is 4.39. The van der Waals surface area contributed by atoms with Gasteiger partial charge in [-0.1, -0.05) is 64.1 Å². The summed E-state index contributed by atoms with van der Waals surface area (Å²) < 4.78 is 0.279. The third-order valence-corrected chi connectivity index (χ3v) is 8.90. The third-order valence-electron chi connectivity index (χ3n) is 7.05. The fourth-order valence-electron chi connectivity index (χ4n) is 4.12. The van der Waals surface area contributed by atoms with Crippen LogP contribution in [0.4, 0.5) is 0 Å². The molecule has 1 radical (unpaired) electrons. The van der Waals surface area contributed by atoms with Crippen molar-refractivity contribution in [3.8, 4) is 0 Å². The number of hydrogen-bond acceptors (Lipinski definition) is 5. The molecule has 0 spiro atoms. The van der Waals surface area contributed by atoms with Gasteiger partial charge in [0.1, 0.15) is 18.0 Å². The number of halogens is 1. The Morgan fingerprint density at radius 3 is 1.16 bits per heavy atom. The molecule has 3 rings (SSSR count). The van der Waals surface area contributed by atoms with E-state index in [1.165, 1.54) is 6.42 Å². The van der Waals surface area contributed by atoms with Crippen LogP contribution in [0, 0.1) is 79.6 Å². The zero-order valence-electron chi connectivity index (χ0n) is 20.0. The first-order chi connectivity index (χ1) is 13.9. The number of Topliss-reactive ketones (excluding diaryl/α,β-unsaturated/α-hetero) is 3. The minimum Gasteiger partial charge on any atom is -0.385 e. The first kappa shape index (κ1) is 32.1. The van der Waals surface area contributed by atoms with Gasteiger partial charge in [0.2, 0.25) is 0 Å². The molecule has 31 heavy (non-hydrogen) atoms. The molecule has 0 heterocycles. The van der Waals surface area contributed by atoms with Crippen molar-refractivity contribution in [1.82, 2.24) is 0 Å². The number of aliphatic hydroxyl groups is 2. The molecule has 0 aliphatic heterocycles. The van der Waals surface area contributed by atoms with E-state index in [9.17, 15) is 24.6 Å². The summed E-state index contributed by atoms with van der Waals surface area (Å²) in [5.74, 6) is 1.92. The van der Waals surface area contributed by atoms with Gasteiger partial charge in [-0.3, -0.25) is 14.4 Å². The van der Waals surface area contributed by atoms with Gasteiger partial charge in [-0.15, -0.1) is 0 Å². The molecule has 0 saturated heterocycles. The Labute approximate surface area is 238 Å². The van der Waals surface area contributed by atoms with Gasteiger partial charge in [-0.05, 0) is 56.3 Å². The molecule has 3 aliphatic carbocycles. The summed E-state index contributed by atoms with van der Waals surface area (Å²) >= 11 is 2.27. The van der Waals surface area contributed by atoms with Crippen molar-refractivity contribution in [3.63, 3.8) is 0 Å². The van der Waals surface area contributed by atoms with Crippen LogP contribution >= 0.6 is 22.6 Å². The van der Waals surface area contributed by atoms with E-state index in [-0.39, 0.29) is 83.2 Å². The number of rotatable bonds is 0. The van der Waals surface area contributed by atoms with Crippen molar-refractivity contribution >= 4 is 39.9 Å². The third kappa shape index (κ3) is 9.70. The summed E-state index contributed by atoms with van der Waals surface area (Å²) in [6, 6.07) is 0. The van der Waals surface area contributed by atoms with Gasteiger partial charge < -0.3 is 10.2 Å². The fraction of sp³-hybridized carbons (Fsp3) is 0.875. The molecule has 3 fully saturated rings. The predicted molar refractivity (Wildman–Crippen MR) is 128 cm³/mol. The molecule has 177 valence electrons. The molecular weight excluding hydrogens is 722 g/mol. The van der Waals surface area contributed by atoms with Gasteiger partial charge in [-0.2, -0.15) is 0 Å². The molecule has 5 nitrogen and oxygen atoms in total. The summed E-state index contributed by atoms with van der Waals surface area (Å²) in [6.07, 6.45) is 4.78. The van der Waals surface area contributed by atoms with E-state index in [1.807, 2.05) is 34.6 Å². The van der Waals surface area contributed by atoms with Crippen LogP contribution in [0.2, 0.25) is 0 Å². The van der Waals surface area contributed by atoms with Gasteiger partial charge in [0.15, 0.2) is 11.6 Å². The van der Waals surface area contributed by atoms with Crippen molar-refractivity contribution < 1.29 is 68.7 Å². The molecular formula is C24H41AcIO5. The van der Waals surface area contributed by atoms with Crippen molar-refractivity contribution in [1.29, 1.82) is 0 Å². The Bertz CT molecular complexity index is 518. The van der Waals surface area contributed by atoms with Gasteiger partial charge in [0, 0.05) is 61.8 Å². The summed E-state index contributed by atoms with van der Waals surface area (Å²) in [6.45, 7) is 11.8. The van der Waals surface area contributed by atoms with Crippen molar-refractivity contribution in [2.24, 2.45) is 35.5 Å². The van der Waals surface area contributed by atoms with Gasteiger partial charge >= 0.3 is 0 Å². The minimum atomic E-state index is -0.691. The number of alkyl halides is 1. The first-order valence-electron chi connectivity index (χ1n) is 11.5. The van der Waals surface area contributed by atoms with Gasteiger partial charge in [0.25, 0.3) is 0 Å². The monoisotopic (exact) mass is 763 g/mol. The zero-order chi connectivity index (χ0) is 23.2. The maximum Gasteiger partial charge on any atom is 0.164 e. The number of carbonyl (C=O) groups excluding carboxylic acids is 3. The Hall–Kier alpha value is 1.10. The second-order valence-corrected chi connectivity index (χ2v) is 11.2. The molecule has 3 aliphatic rings. The number of hydrogen-bond donors (Lipinski definition) is 2. The van der Waals surface area contributed by atoms with Crippen LogP contribution in [0.15, 0.2) is 0 Å². The average molecular weight is 763 g/mol. The number of aliphatic hydroxyl groups excluding tert-OH is 2. The Balaban J connectivity index is 0.000000429. The van der Waals surface area contributed by atoms with Crippen molar-refractivity contribution in [2.45, 2.75) is 96.2 Å². The molecule has 0 bridgehead atoms. The standard InChI is InChI=1S/C8H13IO.2C8H14O2.Ac/c3*1-5-3-4-6(2)8(10)7(5)9;/h5-7H,3-4H2,1-2H3;2*5-7,9H,3-4H2,1-2H3;. The second-order valence-electron chi connectivity index (χ2n) is 9.87. The second kappa shape index (κ2) is 15.2. The number of carbonyl (C=O) groups is 3. The molecule has 0 amide bonds. The smallest absolute Gasteiger partial charge is 0.164 e. The van der Waals surface area contributed by atoms with E-state index < -0.39 is 12.2 Å².